The molecule has 1 saturated heterocycles. The van der Waals surface area contributed by atoms with E-state index in [0.29, 0.717) is 19.1 Å². The lowest BCUT2D eigenvalue weighted by Crippen LogP contribution is -2.59. The highest BCUT2D eigenvalue weighted by atomic mass is 16.5. The Labute approximate surface area is 138 Å². The van der Waals surface area contributed by atoms with Gasteiger partial charge in [-0.3, -0.25) is 4.68 Å². The Morgan fingerprint density at radius 1 is 1.30 bits per heavy atom. The number of hydrogen-bond donors (Lipinski definition) is 1. The van der Waals surface area contributed by atoms with Crippen molar-refractivity contribution < 1.29 is 9.53 Å². The van der Waals surface area contributed by atoms with E-state index in [0.717, 1.165) is 11.6 Å². The van der Waals surface area contributed by atoms with E-state index in [-0.39, 0.29) is 17.2 Å². The minimum Gasteiger partial charge on any atom is -0.366 e. The first-order chi connectivity index (χ1) is 10.7. The summed E-state index contributed by atoms with van der Waals surface area (Å²) in [4.78, 5) is 14.4. The van der Waals surface area contributed by atoms with E-state index < -0.39 is 0 Å². The normalized spacial score (nSPS) is 24.3. The molecule has 2 amide bonds. The Hall–Kier alpha value is -1.56. The van der Waals surface area contributed by atoms with Crippen LogP contribution in [-0.2, 0) is 4.74 Å². The fourth-order valence-electron chi connectivity index (χ4n) is 3.55. The molecule has 1 N–H and O–H groups in total. The standard InChI is InChI=1S/C17H28N4O2/c1-12(13-6-7-13)21-9-14(8-18-21)19-15(22)20-10-16(2,3)23-17(4,5)11-20/h8-9,12-13H,6-7,10-11H2,1-5H3,(H,19,22)/t12-/m0/s1. The fourth-order valence-corrected chi connectivity index (χ4v) is 3.55. The fraction of sp³-hybridized carbons (Fsp3) is 0.765. The van der Waals surface area contributed by atoms with Gasteiger partial charge >= 0.3 is 6.03 Å². The summed E-state index contributed by atoms with van der Waals surface area (Å²) >= 11 is 0. The summed E-state index contributed by atoms with van der Waals surface area (Å²) in [6.07, 6.45) is 6.21. The molecule has 1 aliphatic heterocycles. The second-order valence-electron chi connectivity index (χ2n) is 8.19. The zero-order chi connectivity index (χ0) is 16.8. The number of amides is 2. The van der Waals surface area contributed by atoms with Crippen molar-refractivity contribution in [3.8, 4) is 0 Å². The molecule has 1 aromatic heterocycles. The second kappa shape index (κ2) is 5.51. The van der Waals surface area contributed by atoms with Crippen molar-refractivity contribution in [2.75, 3.05) is 18.4 Å². The van der Waals surface area contributed by atoms with Gasteiger partial charge in [0.1, 0.15) is 0 Å². The van der Waals surface area contributed by atoms with Crippen LogP contribution in [0.15, 0.2) is 12.4 Å². The van der Waals surface area contributed by atoms with Crippen LogP contribution < -0.4 is 5.32 Å². The third kappa shape index (κ3) is 3.86. The number of aromatic nitrogens is 2. The molecular weight excluding hydrogens is 292 g/mol. The molecule has 3 rings (SSSR count). The van der Waals surface area contributed by atoms with Crippen LogP contribution >= 0.6 is 0 Å². The van der Waals surface area contributed by atoms with Gasteiger partial charge in [-0.25, -0.2) is 4.79 Å². The van der Waals surface area contributed by atoms with E-state index in [9.17, 15) is 4.79 Å². The summed E-state index contributed by atoms with van der Waals surface area (Å²) < 4.78 is 7.98. The molecule has 1 aromatic rings. The van der Waals surface area contributed by atoms with Crippen molar-refractivity contribution in [3.05, 3.63) is 12.4 Å². The van der Waals surface area contributed by atoms with Crippen LogP contribution in [0.4, 0.5) is 10.5 Å². The lowest BCUT2D eigenvalue weighted by Gasteiger charge is -2.46. The van der Waals surface area contributed by atoms with Crippen LogP contribution in [0.3, 0.4) is 0 Å². The van der Waals surface area contributed by atoms with Crippen molar-refractivity contribution in [2.24, 2.45) is 5.92 Å². The number of ether oxygens (including phenoxy) is 1. The van der Waals surface area contributed by atoms with Gasteiger partial charge in [0.2, 0.25) is 0 Å². The molecule has 0 radical (unpaired) electrons. The SMILES string of the molecule is C[C@@H](C1CC1)n1cc(NC(=O)N2CC(C)(C)OC(C)(C)C2)cn1. The van der Waals surface area contributed by atoms with Crippen LogP contribution in [0, 0.1) is 5.92 Å². The number of carbonyl (C=O) groups excluding carboxylic acids is 1. The lowest BCUT2D eigenvalue weighted by molar-refractivity contribution is -0.169. The number of urea groups is 1. The Morgan fingerprint density at radius 2 is 1.91 bits per heavy atom. The van der Waals surface area contributed by atoms with Crippen LogP contribution in [0.25, 0.3) is 0 Å². The van der Waals surface area contributed by atoms with Gasteiger partial charge in [-0.2, -0.15) is 5.10 Å². The lowest BCUT2D eigenvalue weighted by atomic mass is 9.99. The summed E-state index contributed by atoms with van der Waals surface area (Å²) in [7, 11) is 0. The summed E-state index contributed by atoms with van der Waals surface area (Å²) in [5.41, 5.74) is 0.0673. The van der Waals surface area contributed by atoms with Crippen molar-refractivity contribution in [3.63, 3.8) is 0 Å². The average Bonchev–Trinajstić information content (AvgIpc) is 3.15. The second-order valence-corrected chi connectivity index (χ2v) is 8.19. The minimum absolute atomic E-state index is 0.0897. The highest BCUT2D eigenvalue weighted by Gasteiger charge is 2.40. The molecule has 2 heterocycles. The first-order valence-electron chi connectivity index (χ1n) is 8.45. The molecule has 2 aliphatic rings. The first-order valence-corrected chi connectivity index (χ1v) is 8.45. The molecule has 128 valence electrons. The molecule has 0 aromatic carbocycles. The molecule has 0 spiro atoms. The molecule has 1 saturated carbocycles. The molecule has 6 nitrogen and oxygen atoms in total. The largest absolute Gasteiger partial charge is 0.366 e. The van der Waals surface area contributed by atoms with Gasteiger partial charge in [0.05, 0.1) is 42.2 Å². The molecule has 6 heteroatoms. The van der Waals surface area contributed by atoms with Crippen LogP contribution in [0.1, 0.15) is 53.5 Å². The maximum atomic E-state index is 12.6. The predicted octanol–water partition coefficient (Wildman–Crippen LogP) is 3.28. The van der Waals surface area contributed by atoms with Gasteiger partial charge in [-0.1, -0.05) is 0 Å². The highest BCUT2D eigenvalue weighted by molar-refractivity contribution is 5.89. The topological polar surface area (TPSA) is 59.4 Å². The number of hydrogen-bond acceptors (Lipinski definition) is 3. The van der Waals surface area contributed by atoms with Crippen LogP contribution in [0.2, 0.25) is 0 Å². The van der Waals surface area contributed by atoms with E-state index in [1.807, 2.05) is 43.5 Å². The molecular formula is C17H28N4O2. The number of rotatable bonds is 3. The van der Waals surface area contributed by atoms with Crippen molar-refractivity contribution in [2.45, 2.75) is 64.7 Å². The predicted molar refractivity (Wildman–Crippen MR) is 89.5 cm³/mol. The monoisotopic (exact) mass is 320 g/mol. The van der Waals surface area contributed by atoms with Gasteiger partial charge in [-0.05, 0) is 53.4 Å². The van der Waals surface area contributed by atoms with Gasteiger partial charge in [-0.15, -0.1) is 0 Å². The quantitative estimate of drug-likeness (QED) is 0.930. The van der Waals surface area contributed by atoms with Crippen molar-refractivity contribution >= 4 is 11.7 Å². The molecule has 0 unspecified atom stereocenters. The van der Waals surface area contributed by atoms with E-state index in [1.54, 1.807) is 6.20 Å². The number of nitrogens with one attached hydrogen (secondary N) is 1. The Kier molecular flexibility index (Phi) is 3.91. The van der Waals surface area contributed by atoms with Gasteiger partial charge in [0, 0.05) is 6.20 Å². The van der Waals surface area contributed by atoms with Crippen LogP contribution in [-0.4, -0.2) is 45.0 Å². The third-order valence-electron chi connectivity index (χ3n) is 4.56. The Bertz CT molecular complexity index is 573. The van der Waals surface area contributed by atoms with Crippen molar-refractivity contribution in [1.29, 1.82) is 0 Å². The van der Waals surface area contributed by atoms with Gasteiger partial charge in [0.25, 0.3) is 0 Å². The number of carbonyl (C=O) groups is 1. The maximum Gasteiger partial charge on any atom is 0.322 e. The number of anilines is 1. The number of morpholine rings is 1. The molecule has 23 heavy (non-hydrogen) atoms. The highest BCUT2D eigenvalue weighted by Crippen LogP contribution is 2.39. The first kappa shape index (κ1) is 16.3. The zero-order valence-corrected chi connectivity index (χ0v) is 14.8. The zero-order valence-electron chi connectivity index (χ0n) is 14.8. The van der Waals surface area contributed by atoms with Gasteiger partial charge < -0.3 is 15.0 Å². The van der Waals surface area contributed by atoms with E-state index >= 15 is 0 Å². The molecule has 2 fully saturated rings. The molecule has 1 aliphatic carbocycles. The summed E-state index contributed by atoms with van der Waals surface area (Å²) in [5.74, 6) is 0.735. The summed E-state index contributed by atoms with van der Waals surface area (Å²) in [6.45, 7) is 11.4. The maximum absolute atomic E-state index is 12.6. The van der Waals surface area contributed by atoms with E-state index in [1.165, 1.54) is 12.8 Å². The molecule has 0 bridgehead atoms. The average molecular weight is 320 g/mol. The number of nitrogens with zero attached hydrogens (tertiary/aromatic N) is 3. The van der Waals surface area contributed by atoms with Crippen molar-refractivity contribution in [1.82, 2.24) is 14.7 Å². The molecule has 1 atom stereocenters. The summed E-state index contributed by atoms with van der Waals surface area (Å²) in [6, 6.07) is 0.315. The van der Waals surface area contributed by atoms with E-state index in [2.05, 4.69) is 17.3 Å². The summed E-state index contributed by atoms with van der Waals surface area (Å²) in [5, 5.41) is 7.36. The van der Waals surface area contributed by atoms with Crippen LogP contribution in [0.5, 0.6) is 0 Å². The Balaban J connectivity index is 1.64. The third-order valence-corrected chi connectivity index (χ3v) is 4.56. The smallest absolute Gasteiger partial charge is 0.322 e. The minimum atomic E-state index is -0.343. The van der Waals surface area contributed by atoms with Gasteiger partial charge in [0.15, 0.2) is 0 Å². The van der Waals surface area contributed by atoms with E-state index in [4.69, 9.17) is 4.74 Å². The Morgan fingerprint density at radius 3 is 2.48 bits per heavy atom.